The lowest BCUT2D eigenvalue weighted by Gasteiger charge is -2.35. The van der Waals surface area contributed by atoms with Gasteiger partial charge in [-0.05, 0) is 37.1 Å². The van der Waals surface area contributed by atoms with Crippen LogP contribution in [0.25, 0.3) is 0 Å². The summed E-state index contributed by atoms with van der Waals surface area (Å²) in [6.07, 6.45) is 0. The van der Waals surface area contributed by atoms with Crippen LogP contribution in [-0.4, -0.2) is 53.0 Å². The molecule has 1 aliphatic heterocycles. The summed E-state index contributed by atoms with van der Waals surface area (Å²) < 4.78 is 0. The highest BCUT2D eigenvalue weighted by Crippen LogP contribution is 2.21. The molecule has 0 aliphatic carbocycles. The van der Waals surface area contributed by atoms with Gasteiger partial charge in [0, 0.05) is 31.9 Å². The monoisotopic (exact) mass is 353 g/mol. The predicted octanol–water partition coefficient (Wildman–Crippen LogP) is 3.00. The van der Waals surface area contributed by atoms with E-state index in [0.717, 1.165) is 16.8 Å². The van der Waals surface area contributed by atoms with Gasteiger partial charge in [-0.15, -0.1) is 0 Å². The first-order valence-electron chi connectivity index (χ1n) is 8.67. The Kier molecular flexibility index (Phi) is 5.11. The van der Waals surface area contributed by atoms with E-state index in [9.17, 15) is 14.7 Å². The Labute approximate surface area is 153 Å². The van der Waals surface area contributed by atoms with Gasteiger partial charge in [0.2, 0.25) is 0 Å². The zero-order valence-corrected chi connectivity index (χ0v) is 15.0. The highest BCUT2D eigenvalue weighted by Gasteiger charge is 2.26. The van der Waals surface area contributed by atoms with Gasteiger partial charge in [0.1, 0.15) is 5.75 Å². The third kappa shape index (κ3) is 3.64. The van der Waals surface area contributed by atoms with Crippen molar-refractivity contribution < 1.29 is 14.7 Å². The summed E-state index contributed by atoms with van der Waals surface area (Å²) in [6.45, 7) is 5.71. The maximum absolute atomic E-state index is 12.5. The van der Waals surface area contributed by atoms with Crippen LogP contribution >= 0.6 is 0 Å². The van der Waals surface area contributed by atoms with Crippen molar-refractivity contribution in [1.82, 2.24) is 9.80 Å². The van der Waals surface area contributed by atoms with Gasteiger partial charge in [-0.2, -0.15) is 0 Å². The Bertz CT molecular complexity index is 807. The molecular weight excluding hydrogens is 330 g/mol. The molecule has 26 heavy (non-hydrogen) atoms. The number of aryl methyl sites for hydroxylation is 2. The lowest BCUT2D eigenvalue weighted by atomic mass is 10.1. The second kappa shape index (κ2) is 7.47. The molecule has 0 unspecified atom stereocenters. The first-order valence-corrected chi connectivity index (χ1v) is 8.67. The summed E-state index contributed by atoms with van der Waals surface area (Å²) in [4.78, 5) is 28.4. The second-order valence-corrected chi connectivity index (χ2v) is 6.49. The Balaban J connectivity index is 1.61. The minimum atomic E-state index is -0.210. The molecule has 1 aliphatic rings. The fourth-order valence-corrected chi connectivity index (χ4v) is 3.14. The summed E-state index contributed by atoms with van der Waals surface area (Å²) in [5.41, 5.74) is 3.17. The van der Waals surface area contributed by atoms with E-state index in [-0.39, 0.29) is 17.7 Å². The molecule has 6 nitrogen and oxygen atoms in total. The van der Waals surface area contributed by atoms with E-state index in [1.54, 1.807) is 28.0 Å². The van der Waals surface area contributed by atoms with Crippen molar-refractivity contribution in [3.8, 4) is 5.75 Å². The molecule has 1 heterocycles. The van der Waals surface area contributed by atoms with Gasteiger partial charge in [0.25, 0.3) is 5.91 Å². The standard InChI is InChI=1S/C20H23N3O3/c1-14-6-5-7-15(2)18(14)21-20(26)23-12-10-22(11-13-23)19(25)16-8-3-4-9-17(16)24/h3-9,24H,10-13H2,1-2H3,(H,21,26). The van der Waals surface area contributed by atoms with Crippen molar-refractivity contribution in [1.29, 1.82) is 0 Å². The fourth-order valence-electron chi connectivity index (χ4n) is 3.14. The summed E-state index contributed by atoms with van der Waals surface area (Å²) in [7, 11) is 0. The van der Waals surface area contributed by atoms with Crippen LogP contribution in [-0.2, 0) is 0 Å². The Morgan fingerprint density at radius 3 is 2.08 bits per heavy atom. The third-order valence-electron chi connectivity index (χ3n) is 4.70. The van der Waals surface area contributed by atoms with Crippen LogP contribution in [0.2, 0.25) is 0 Å². The van der Waals surface area contributed by atoms with Gasteiger partial charge in [-0.1, -0.05) is 30.3 Å². The molecule has 1 saturated heterocycles. The normalized spacial score (nSPS) is 14.2. The van der Waals surface area contributed by atoms with Crippen molar-refractivity contribution in [3.63, 3.8) is 0 Å². The molecule has 6 heteroatoms. The summed E-state index contributed by atoms with van der Waals surface area (Å²) in [6, 6.07) is 12.3. The van der Waals surface area contributed by atoms with Gasteiger partial charge in [-0.3, -0.25) is 4.79 Å². The SMILES string of the molecule is Cc1cccc(C)c1NC(=O)N1CCN(C(=O)c2ccccc2O)CC1. The maximum Gasteiger partial charge on any atom is 0.321 e. The number of nitrogens with zero attached hydrogens (tertiary/aromatic N) is 2. The Morgan fingerprint density at radius 2 is 1.46 bits per heavy atom. The highest BCUT2D eigenvalue weighted by molar-refractivity contribution is 5.97. The number of rotatable bonds is 2. The Morgan fingerprint density at radius 1 is 0.885 bits per heavy atom. The zero-order chi connectivity index (χ0) is 18.7. The van der Waals surface area contributed by atoms with Crippen LogP contribution in [0.4, 0.5) is 10.5 Å². The molecular formula is C20H23N3O3. The van der Waals surface area contributed by atoms with Crippen LogP contribution in [0.1, 0.15) is 21.5 Å². The number of hydrogen-bond acceptors (Lipinski definition) is 3. The number of piperazine rings is 1. The minimum Gasteiger partial charge on any atom is -0.507 e. The van der Waals surface area contributed by atoms with E-state index >= 15 is 0 Å². The summed E-state index contributed by atoms with van der Waals surface area (Å²) >= 11 is 0. The molecule has 0 saturated carbocycles. The highest BCUT2D eigenvalue weighted by atomic mass is 16.3. The van der Waals surface area contributed by atoms with Crippen LogP contribution in [0, 0.1) is 13.8 Å². The number of carbonyl (C=O) groups is 2. The number of amides is 3. The molecule has 1 fully saturated rings. The average Bonchev–Trinajstić information content (AvgIpc) is 2.65. The number of phenols is 1. The lowest BCUT2D eigenvalue weighted by Crippen LogP contribution is -2.51. The molecule has 2 aromatic rings. The van der Waals surface area contributed by atoms with Crippen molar-refractivity contribution >= 4 is 17.6 Å². The summed E-state index contributed by atoms with van der Waals surface area (Å²) in [5.74, 6) is -0.231. The molecule has 2 N–H and O–H groups in total. The number of para-hydroxylation sites is 2. The zero-order valence-electron chi connectivity index (χ0n) is 15.0. The first kappa shape index (κ1) is 17.8. The number of carbonyl (C=O) groups excluding carboxylic acids is 2. The third-order valence-corrected chi connectivity index (χ3v) is 4.70. The lowest BCUT2D eigenvalue weighted by molar-refractivity contribution is 0.0668. The molecule has 2 aromatic carbocycles. The molecule has 3 amide bonds. The quantitative estimate of drug-likeness (QED) is 0.872. The average molecular weight is 353 g/mol. The van der Waals surface area contributed by atoms with Crippen molar-refractivity contribution in [2.75, 3.05) is 31.5 Å². The molecule has 3 rings (SSSR count). The molecule has 0 aromatic heterocycles. The van der Waals surface area contributed by atoms with Gasteiger partial charge in [0.05, 0.1) is 5.56 Å². The Hall–Kier alpha value is -3.02. The topological polar surface area (TPSA) is 72.9 Å². The molecule has 0 spiro atoms. The van der Waals surface area contributed by atoms with Crippen LogP contribution in [0.5, 0.6) is 5.75 Å². The largest absolute Gasteiger partial charge is 0.507 e. The smallest absolute Gasteiger partial charge is 0.321 e. The number of hydrogen-bond donors (Lipinski definition) is 2. The van der Waals surface area contributed by atoms with Crippen molar-refractivity contribution in [2.45, 2.75) is 13.8 Å². The maximum atomic E-state index is 12.5. The van der Waals surface area contributed by atoms with E-state index in [4.69, 9.17) is 0 Å². The van der Waals surface area contributed by atoms with E-state index in [0.29, 0.717) is 31.7 Å². The first-order chi connectivity index (χ1) is 12.5. The van der Waals surface area contributed by atoms with E-state index in [2.05, 4.69) is 5.32 Å². The fraction of sp³-hybridized carbons (Fsp3) is 0.300. The van der Waals surface area contributed by atoms with Crippen molar-refractivity contribution in [3.05, 3.63) is 59.2 Å². The minimum absolute atomic E-state index is 0.0206. The van der Waals surface area contributed by atoms with Gasteiger partial charge in [-0.25, -0.2) is 4.79 Å². The van der Waals surface area contributed by atoms with E-state index in [1.165, 1.54) is 6.07 Å². The number of anilines is 1. The number of urea groups is 1. The van der Waals surface area contributed by atoms with Crippen LogP contribution in [0.15, 0.2) is 42.5 Å². The number of nitrogens with one attached hydrogen (secondary N) is 1. The molecule has 0 radical (unpaired) electrons. The van der Waals surface area contributed by atoms with Crippen LogP contribution < -0.4 is 5.32 Å². The predicted molar refractivity (Wildman–Crippen MR) is 101 cm³/mol. The van der Waals surface area contributed by atoms with Crippen LogP contribution in [0.3, 0.4) is 0 Å². The number of aromatic hydroxyl groups is 1. The number of benzene rings is 2. The number of phenolic OH excluding ortho intramolecular Hbond substituents is 1. The van der Waals surface area contributed by atoms with Crippen molar-refractivity contribution in [2.24, 2.45) is 0 Å². The van der Waals surface area contributed by atoms with E-state index in [1.807, 2.05) is 32.0 Å². The second-order valence-electron chi connectivity index (χ2n) is 6.49. The van der Waals surface area contributed by atoms with Gasteiger partial charge in [0.15, 0.2) is 0 Å². The molecule has 136 valence electrons. The summed E-state index contributed by atoms with van der Waals surface area (Å²) in [5, 5.41) is 12.8. The van der Waals surface area contributed by atoms with E-state index < -0.39 is 0 Å². The molecule has 0 atom stereocenters. The molecule has 0 bridgehead atoms. The van der Waals surface area contributed by atoms with Gasteiger partial charge < -0.3 is 20.2 Å². The van der Waals surface area contributed by atoms with Gasteiger partial charge >= 0.3 is 6.03 Å².